The van der Waals surface area contributed by atoms with Crippen LogP contribution in [0.2, 0.25) is 0 Å². The fourth-order valence-electron chi connectivity index (χ4n) is 3.91. The molecule has 1 aliphatic heterocycles. The van der Waals surface area contributed by atoms with Gasteiger partial charge in [0.05, 0.1) is 24.7 Å². The van der Waals surface area contributed by atoms with Gasteiger partial charge < -0.3 is 25.0 Å². The molecule has 7 nitrogen and oxygen atoms in total. The molecule has 2 rings (SSSR count). The lowest BCUT2D eigenvalue weighted by atomic mass is 9.85. The molecule has 0 aromatic rings. The third-order valence-corrected chi connectivity index (χ3v) is 5.39. The zero-order valence-corrected chi connectivity index (χ0v) is 20.1. The van der Waals surface area contributed by atoms with Crippen LogP contribution >= 0.6 is 24.0 Å². The maximum absolute atomic E-state index is 12.7. The van der Waals surface area contributed by atoms with Crippen LogP contribution in [-0.2, 0) is 14.3 Å². The number of carbonyl (C=O) groups excluding carboxylic acids is 1. The van der Waals surface area contributed by atoms with E-state index in [0.717, 1.165) is 77.2 Å². The Hall–Kier alpha value is -0.610. The van der Waals surface area contributed by atoms with E-state index in [-0.39, 0.29) is 41.4 Å². The number of carbonyl (C=O) groups is 1. The smallest absolute Gasteiger partial charge is 0.230 e. The third-order valence-electron chi connectivity index (χ3n) is 5.39. The second-order valence-corrected chi connectivity index (χ2v) is 7.87. The molecule has 0 aromatic heterocycles. The Labute approximate surface area is 187 Å². The van der Waals surface area contributed by atoms with Gasteiger partial charge in [0.2, 0.25) is 5.91 Å². The summed E-state index contributed by atoms with van der Waals surface area (Å²) in [6.07, 6.45) is 7.56. The molecule has 1 atom stereocenters. The Morgan fingerprint density at radius 2 is 2.00 bits per heavy atom. The first kappa shape index (κ1) is 25.4. The summed E-state index contributed by atoms with van der Waals surface area (Å²) in [6.45, 7) is 6.49. The minimum Gasteiger partial charge on any atom is -0.379 e. The Morgan fingerprint density at radius 1 is 1.25 bits per heavy atom. The summed E-state index contributed by atoms with van der Waals surface area (Å²) in [7, 11) is 3.68. The molecule has 0 aromatic carbocycles. The molecule has 28 heavy (non-hydrogen) atoms. The topological polar surface area (TPSA) is 75.2 Å². The number of ether oxygens (including phenoxy) is 2. The lowest BCUT2D eigenvalue weighted by Gasteiger charge is -2.29. The highest BCUT2D eigenvalue weighted by molar-refractivity contribution is 14.0. The zero-order valence-electron chi connectivity index (χ0n) is 17.8. The van der Waals surface area contributed by atoms with Gasteiger partial charge in [0.15, 0.2) is 5.96 Å². The lowest BCUT2D eigenvalue weighted by molar-refractivity contribution is -0.138. The van der Waals surface area contributed by atoms with E-state index >= 15 is 0 Å². The van der Waals surface area contributed by atoms with Gasteiger partial charge in [0.25, 0.3) is 0 Å². The standard InChI is InChI=1S/C20H38N4O3.HI/c1-4-21-19(22-12-8-13-26-15-17-9-7-14-27-17)23-16-20(10-5-6-11-20)18(25)24(2)3;/h17H,4-16H2,1-3H3,(H2,21,22,23);1H. The van der Waals surface area contributed by atoms with Crippen molar-refractivity contribution in [2.24, 2.45) is 10.4 Å². The molecule has 0 bridgehead atoms. The number of hydrogen-bond donors (Lipinski definition) is 2. The molecule has 1 saturated carbocycles. The highest BCUT2D eigenvalue weighted by Crippen LogP contribution is 2.39. The number of aliphatic imine (C=N–C) groups is 1. The van der Waals surface area contributed by atoms with Crippen LogP contribution in [0.5, 0.6) is 0 Å². The van der Waals surface area contributed by atoms with Crippen LogP contribution in [0.1, 0.15) is 51.9 Å². The van der Waals surface area contributed by atoms with Crippen molar-refractivity contribution in [1.82, 2.24) is 15.5 Å². The normalized spacial score (nSPS) is 21.2. The number of hydrogen-bond acceptors (Lipinski definition) is 4. The second kappa shape index (κ2) is 13.6. The van der Waals surface area contributed by atoms with Crippen LogP contribution in [0.4, 0.5) is 0 Å². The van der Waals surface area contributed by atoms with Crippen molar-refractivity contribution in [2.45, 2.75) is 58.0 Å². The first-order chi connectivity index (χ1) is 13.1. The molecule has 8 heteroatoms. The molecule has 0 radical (unpaired) electrons. The number of rotatable bonds is 10. The molecule has 2 fully saturated rings. The van der Waals surface area contributed by atoms with E-state index < -0.39 is 0 Å². The first-order valence-electron chi connectivity index (χ1n) is 10.5. The van der Waals surface area contributed by atoms with Crippen molar-refractivity contribution in [2.75, 3.05) is 53.6 Å². The summed E-state index contributed by atoms with van der Waals surface area (Å²) in [6, 6.07) is 0. The molecular formula is C20H39IN4O3. The largest absolute Gasteiger partial charge is 0.379 e. The van der Waals surface area contributed by atoms with Gasteiger partial charge in [-0.2, -0.15) is 0 Å². The predicted molar refractivity (Wildman–Crippen MR) is 123 cm³/mol. The van der Waals surface area contributed by atoms with Gasteiger partial charge in [-0.25, -0.2) is 0 Å². The van der Waals surface area contributed by atoms with Crippen molar-refractivity contribution >= 4 is 35.8 Å². The number of amides is 1. The van der Waals surface area contributed by atoms with E-state index in [0.29, 0.717) is 13.2 Å². The molecule has 2 N–H and O–H groups in total. The van der Waals surface area contributed by atoms with Gasteiger partial charge in [-0.3, -0.25) is 9.79 Å². The predicted octanol–water partition coefficient (Wildman–Crippen LogP) is 2.39. The Kier molecular flexibility index (Phi) is 12.3. The van der Waals surface area contributed by atoms with Gasteiger partial charge in [0, 0.05) is 40.4 Å². The molecular weight excluding hydrogens is 471 g/mol. The summed E-state index contributed by atoms with van der Waals surface area (Å²) >= 11 is 0. The molecule has 1 unspecified atom stereocenters. The van der Waals surface area contributed by atoms with E-state index in [1.54, 1.807) is 4.90 Å². The number of guanidine groups is 1. The average molecular weight is 510 g/mol. The number of halogens is 1. The van der Waals surface area contributed by atoms with Crippen molar-refractivity contribution in [3.8, 4) is 0 Å². The molecule has 0 spiro atoms. The monoisotopic (exact) mass is 510 g/mol. The van der Waals surface area contributed by atoms with Gasteiger partial charge in [0.1, 0.15) is 0 Å². The summed E-state index contributed by atoms with van der Waals surface area (Å²) in [4.78, 5) is 19.1. The van der Waals surface area contributed by atoms with Gasteiger partial charge in [-0.15, -0.1) is 24.0 Å². The Bertz CT molecular complexity index is 476. The molecule has 1 heterocycles. The minimum absolute atomic E-state index is 0. The van der Waals surface area contributed by atoms with Gasteiger partial charge in [-0.05, 0) is 39.0 Å². The number of nitrogens with one attached hydrogen (secondary N) is 2. The lowest BCUT2D eigenvalue weighted by Crippen LogP contribution is -2.43. The Morgan fingerprint density at radius 3 is 2.61 bits per heavy atom. The highest BCUT2D eigenvalue weighted by Gasteiger charge is 2.42. The van der Waals surface area contributed by atoms with E-state index in [2.05, 4.69) is 17.6 Å². The van der Waals surface area contributed by atoms with Gasteiger partial charge >= 0.3 is 0 Å². The SMILES string of the molecule is CCNC(=NCC1(C(=O)N(C)C)CCCC1)NCCCOCC1CCCO1.I. The van der Waals surface area contributed by atoms with Crippen molar-refractivity contribution in [3.05, 3.63) is 0 Å². The van der Waals surface area contributed by atoms with E-state index in [4.69, 9.17) is 14.5 Å². The quantitative estimate of drug-likeness (QED) is 0.204. The van der Waals surface area contributed by atoms with Crippen LogP contribution in [0.3, 0.4) is 0 Å². The molecule has 1 saturated heterocycles. The van der Waals surface area contributed by atoms with Crippen molar-refractivity contribution < 1.29 is 14.3 Å². The summed E-state index contributed by atoms with van der Waals surface area (Å²) < 4.78 is 11.3. The molecule has 2 aliphatic rings. The van der Waals surface area contributed by atoms with E-state index in [1.165, 1.54) is 0 Å². The maximum Gasteiger partial charge on any atom is 0.230 e. The highest BCUT2D eigenvalue weighted by atomic mass is 127. The molecule has 1 amide bonds. The van der Waals surface area contributed by atoms with Crippen LogP contribution in [0, 0.1) is 5.41 Å². The zero-order chi connectivity index (χ0) is 19.5. The van der Waals surface area contributed by atoms with Crippen molar-refractivity contribution in [3.63, 3.8) is 0 Å². The van der Waals surface area contributed by atoms with Crippen LogP contribution in [-0.4, -0.2) is 76.4 Å². The maximum atomic E-state index is 12.7. The summed E-state index contributed by atoms with van der Waals surface area (Å²) in [5.74, 6) is 0.997. The van der Waals surface area contributed by atoms with Gasteiger partial charge in [-0.1, -0.05) is 12.8 Å². The summed E-state index contributed by atoms with van der Waals surface area (Å²) in [5, 5.41) is 6.64. The van der Waals surface area contributed by atoms with Crippen LogP contribution in [0.15, 0.2) is 4.99 Å². The van der Waals surface area contributed by atoms with E-state index in [9.17, 15) is 4.79 Å². The Balaban J connectivity index is 0.00000392. The van der Waals surface area contributed by atoms with Crippen LogP contribution in [0.25, 0.3) is 0 Å². The number of nitrogens with zero attached hydrogens (tertiary/aromatic N) is 2. The van der Waals surface area contributed by atoms with Crippen molar-refractivity contribution in [1.29, 1.82) is 0 Å². The first-order valence-corrected chi connectivity index (χ1v) is 10.5. The third kappa shape index (κ3) is 8.02. The molecule has 1 aliphatic carbocycles. The fourth-order valence-corrected chi connectivity index (χ4v) is 3.91. The fraction of sp³-hybridized carbons (Fsp3) is 0.900. The average Bonchev–Trinajstić information content (AvgIpc) is 3.34. The summed E-state index contributed by atoms with van der Waals surface area (Å²) in [5.41, 5.74) is -0.323. The second-order valence-electron chi connectivity index (χ2n) is 7.87. The van der Waals surface area contributed by atoms with E-state index in [1.807, 2.05) is 14.1 Å². The van der Waals surface area contributed by atoms with Crippen LogP contribution < -0.4 is 10.6 Å². The molecule has 164 valence electrons. The minimum atomic E-state index is -0.323.